The highest BCUT2D eigenvalue weighted by Gasteiger charge is 2.21. The van der Waals surface area contributed by atoms with Crippen molar-refractivity contribution in [2.75, 3.05) is 10.6 Å². The van der Waals surface area contributed by atoms with Crippen LogP contribution in [0.1, 0.15) is 36.7 Å². The number of benzene rings is 1. The van der Waals surface area contributed by atoms with Gasteiger partial charge in [0.05, 0.1) is 5.39 Å². The molecule has 0 saturated heterocycles. The molecule has 29 heavy (non-hydrogen) atoms. The topological polar surface area (TPSA) is 76.0 Å². The van der Waals surface area contributed by atoms with Gasteiger partial charge in [0.25, 0.3) is 5.56 Å². The third-order valence-corrected chi connectivity index (χ3v) is 6.85. The van der Waals surface area contributed by atoms with Crippen molar-refractivity contribution in [2.45, 2.75) is 46.6 Å². The first-order valence-corrected chi connectivity index (χ1v) is 10.9. The summed E-state index contributed by atoms with van der Waals surface area (Å²) in [4.78, 5) is 31.1. The van der Waals surface area contributed by atoms with Gasteiger partial charge in [-0.3, -0.25) is 14.7 Å². The molecule has 1 atom stereocenters. The molecule has 2 amide bonds. The number of fused-ring (bicyclic) bond motifs is 2. The number of rotatable bonds is 2. The summed E-state index contributed by atoms with van der Waals surface area (Å²) < 4.78 is 1.81. The van der Waals surface area contributed by atoms with E-state index < -0.39 is 0 Å². The van der Waals surface area contributed by atoms with Crippen molar-refractivity contribution < 1.29 is 4.79 Å². The first-order chi connectivity index (χ1) is 13.8. The zero-order valence-corrected chi connectivity index (χ0v) is 18.2. The van der Waals surface area contributed by atoms with Crippen LogP contribution >= 0.6 is 22.9 Å². The Morgan fingerprint density at radius 1 is 1.28 bits per heavy atom. The van der Waals surface area contributed by atoms with Gasteiger partial charge in [-0.05, 0) is 55.9 Å². The summed E-state index contributed by atoms with van der Waals surface area (Å²) in [5.74, 6) is 1.43. The van der Waals surface area contributed by atoms with E-state index in [4.69, 9.17) is 16.6 Å². The van der Waals surface area contributed by atoms with Gasteiger partial charge in [0.2, 0.25) is 0 Å². The van der Waals surface area contributed by atoms with Crippen LogP contribution < -0.4 is 16.2 Å². The molecule has 1 aliphatic rings. The van der Waals surface area contributed by atoms with Crippen LogP contribution in [0, 0.1) is 19.8 Å². The number of hydrogen-bond donors (Lipinski definition) is 2. The summed E-state index contributed by atoms with van der Waals surface area (Å²) in [7, 11) is 0. The number of nitrogens with zero attached hydrogens (tertiary/aromatic N) is 2. The Bertz CT molecular complexity index is 1170. The fourth-order valence-corrected chi connectivity index (χ4v) is 4.91. The summed E-state index contributed by atoms with van der Waals surface area (Å²) in [6.07, 6.45) is 2.82. The number of halogens is 1. The minimum atomic E-state index is -0.375. The van der Waals surface area contributed by atoms with E-state index in [-0.39, 0.29) is 11.6 Å². The molecule has 0 radical (unpaired) electrons. The van der Waals surface area contributed by atoms with Crippen LogP contribution in [-0.2, 0) is 13.0 Å². The molecule has 8 heteroatoms. The van der Waals surface area contributed by atoms with Crippen molar-refractivity contribution in [3.05, 3.63) is 50.5 Å². The number of carbonyl (C=O) groups is 1. The molecule has 0 spiro atoms. The molecule has 3 aromatic rings. The van der Waals surface area contributed by atoms with Crippen LogP contribution in [0.25, 0.3) is 10.2 Å². The normalized spacial score (nSPS) is 16.3. The highest BCUT2D eigenvalue weighted by atomic mass is 35.5. The van der Waals surface area contributed by atoms with E-state index in [2.05, 4.69) is 17.6 Å². The predicted molar refractivity (Wildman–Crippen MR) is 120 cm³/mol. The van der Waals surface area contributed by atoms with E-state index in [9.17, 15) is 9.59 Å². The Hall–Kier alpha value is -2.38. The molecule has 0 saturated carbocycles. The van der Waals surface area contributed by atoms with E-state index in [1.54, 1.807) is 12.1 Å². The van der Waals surface area contributed by atoms with E-state index in [0.717, 1.165) is 36.2 Å². The van der Waals surface area contributed by atoms with E-state index in [0.29, 0.717) is 38.4 Å². The molecule has 2 aromatic heterocycles. The average Bonchev–Trinajstić information content (AvgIpc) is 2.84. The highest BCUT2D eigenvalue weighted by molar-refractivity contribution is 7.22. The van der Waals surface area contributed by atoms with Crippen LogP contribution in [0.4, 0.5) is 15.5 Å². The number of amides is 2. The molecule has 6 nitrogen and oxygen atoms in total. The molecule has 1 unspecified atom stereocenters. The zero-order chi connectivity index (χ0) is 20.7. The molecule has 0 fully saturated rings. The Labute approximate surface area is 177 Å². The van der Waals surface area contributed by atoms with Crippen molar-refractivity contribution in [2.24, 2.45) is 5.92 Å². The maximum absolute atomic E-state index is 13.1. The van der Waals surface area contributed by atoms with Crippen LogP contribution in [0.15, 0.2) is 23.0 Å². The van der Waals surface area contributed by atoms with Crippen molar-refractivity contribution >= 4 is 49.9 Å². The summed E-state index contributed by atoms with van der Waals surface area (Å²) in [6.45, 7) is 6.67. The lowest BCUT2D eigenvalue weighted by Gasteiger charge is -2.10. The summed E-state index contributed by atoms with van der Waals surface area (Å²) in [5.41, 5.74) is 2.31. The molecule has 152 valence electrons. The maximum atomic E-state index is 13.1. The fourth-order valence-electron chi connectivity index (χ4n) is 3.65. The molecule has 0 bridgehead atoms. The van der Waals surface area contributed by atoms with Crippen molar-refractivity contribution in [3.8, 4) is 0 Å². The average molecular weight is 431 g/mol. The van der Waals surface area contributed by atoms with E-state index in [1.165, 1.54) is 11.3 Å². The van der Waals surface area contributed by atoms with Gasteiger partial charge >= 0.3 is 6.03 Å². The van der Waals surface area contributed by atoms with Crippen LogP contribution in [0.3, 0.4) is 0 Å². The van der Waals surface area contributed by atoms with E-state index >= 15 is 0 Å². The van der Waals surface area contributed by atoms with Gasteiger partial charge in [-0.1, -0.05) is 35.9 Å². The van der Waals surface area contributed by atoms with Gasteiger partial charge in [-0.25, -0.2) is 9.78 Å². The Balaban J connectivity index is 1.64. The zero-order valence-electron chi connectivity index (χ0n) is 16.6. The molecule has 1 aliphatic heterocycles. The van der Waals surface area contributed by atoms with Gasteiger partial charge in [0.15, 0.2) is 0 Å². The number of anilines is 2. The number of thiophene rings is 1. The van der Waals surface area contributed by atoms with Crippen molar-refractivity contribution in [3.63, 3.8) is 0 Å². The fraction of sp³-hybridized carbons (Fsp3) is 0.381. The third-order valence-electron chi connectivity index (χ3n) is 5.51. The van der Waals surface area contributed by atoms with Crippen LogP contribution in [-0.4, -0.2) is 15.6 Å². The van der Waals surface area contributed by atoms with Gasteiger partial charge < -0.3 is 5.32 Å². The second kappa shape index (κ2) is 7.80. The molecular weight excluding hydrogens is 408 g/mol. The number of carbonyl (C=O) groups excluding carboxylic acids is 1. The second-order valence-electron chi connectivity index (χ2n) is 7.69. The highest BCUT2D eigenvalue weighted by Crippen LogP contribution is 2.33. The Morgan fingerprint density at radius 2 is 2.07 bits per heavy atom. The summed E-state index contributed by atoms with van der Waals surface area (Å²) in [6, 6.07) is 4.96. The molecule has 0 aliphatic carbocycles. The first kappa shape index (κ1) is 19.9. The van der Waals surface area contributed by atoms with Gasteiger partial charge in [-0.15, -0.1) is 0 Å². The smallest absolute Gasteiger partial charge is 0.307 e. The molecule has 4 rings (SSSR count). The largest absolute Gasteiger partial charge is 0.324 e. The lowest BCUT2D eigenvalue weighted by Crippen LogP contribution is -2.24. The van der Waals surface area contributed by atoms with Gasteiger partial charge in [-0.2, -0.15) is 0 Å². The first-order valence-electron chi connectivity index (χ1n) is 9.70. The number of urea groups is 1. The molecule has 3 heterocycles. The minimum absolute atomic E-state index is 0.00741. The quantitative estimate of drug-likeness (QED) is 0.575. The van der Waals surface area contributed by atoms with Crippen molar-refractivity contribution in [1.82, 2.24) is 9.55 Å². The second-order valence-corrected chi connectivity index (χ2v) is 9.13. The van der Waals surface area contributed by atoms with Crippen LogP contribution in [0.2, 0.25) is 5.02 Å². The number of nitrogens with one attached hydrogen (secondary N) is 2. The summed E-state index contributed by atoms with van der Waals surface area (Å²) >= 11 is 7.37. The Kier molecular flexibility index (Phi) is 5.36. The number of hydrogen-bond acceptors (Lipinski definition) is 4. The third kappa shape index (κ3) is 3.89. The van der Waals surface area contributed by atoms with Gasteiger partial charge in [0, 0.05) is 23.7 Å². The van der Waals surface area contributed by atoms with Gasteiger partial charge in [0.1, 0.15) is 15.7 Å². The lowest BCUT2D eigenvalue weighted by molar-refractivity contribution is 0.262. The molecular formula is C21H23ClN4O2S. The standard InChI is InChI=1S/C21H23ClN4O2S/c1-11-4-7-16-24-19-17(20(27)26(16)9-8-11)13(3)18(29-19)25-21(28)23-15-10-14(22)6-5-12(15)2/h5-6,10-11H,4,7-9H2,1-3H3,(H2,23,25,28). The summed E-state index contributed by atoms with van der Waals surface area (Å²) in [5, 5.41) is 7.48. The molecule has 1 aromatic carbocycles. The van der Waals surface area contributed by atoms with Crippen molar-refractivity contribution in [1.29, 1.82) is 0 Å². The predicted octanol–water partition coefficient (Wildman–Crippen LogP) is 5.34. The molecule has 2 N–H and O–H groups in total. The SMILES string of the molecule is Cc1ccc(Cl)cc1NC(=O)Nc1sc2nc3n(c(=O)c2c1C)CCC(C)CC3. The maximum Gasteiger partial charge on any atom is 0.324 e. The van der Waals surface area contributed by atoms with E-state index in [1.807, 2.05) is 24.5 Å². The van der Waals surface area contributed by atoms with Crippen LogP contribution in [0.5, 0.6) is 0 Å². The number of aromatic nitrogens is 2. The lowest BCUT2D eigenvalue weighted by atomic mass is 10.0. The Morgan fingerprint density at radius 3 is 2.86 bits per heavy atom. The monoisotopic (exact) mass is 430 g/mol. The number of aryl methyl sites for hydroxylation is 3. The minimum Gasteiger partial charge on any atom is -0.307 e.